The standard InChI is InChI=1S/C20H25N5O3/c1-24-9-7-21-18(24)12-22-19(26)10-14-4-3-8-25(13-14)20-23-16-11-15(27-2)5-6-17(16)28-20/h5-7,9,11,14H,3-4,8,10,12-13H2,1-2H3,(H,22,26). The first kappa shape index (κ1) is 18.3. The molecule has 1 saturated heterocycles. The van der Waals surface area contributed by atoms with Gasteiger partial charge in [0.15, 0.2) is 5.58 Å². The van der Waals surface area contributed by atoms with Crippen molar-refractivity contribution in [1.29, 1.82) is 0 Å². The van der Waals surface area contributed by atoms with Crippen LogP contribution in [0.5, 0.6) is 5.75 Å². The Labute approximate surface area is 163 Å². The fraction of sp³-hybridized carbons (Fsp3) is 0.450. The van der Waals surface area contributed by atoms with Crippen molar-refractivity contribution in [2.45, 2.75) is 25.8 Å². The molecule has 148 valence electrons. The van der Waals surface area contributed by atoms with E-state index < -0.39 is 0 Å². The number of ether oxygens (including phenoxy) is 1. The zero-order valence-corrected chi connectivity index (χ0v) is 16.2. The highest BCUT2D eigenvalue weighted by Gasteiger charge is 2.25. The molecule has 1 unspecified atom stereocenters. The molecule has 1 fully saturated rings. The van der Waals surface area contributed by atoms with Gasteiger partial charge < -0.3 is 23.9 Å². The predicted molar refractivity (Wildman–Crippen MR) is 105 cm³/mol. The summed E-state index contributed by atoms with van der Waals surface area (Å²) in [6.07, 6.45) is 6.14. The molecule has 1 aliphatic rings. The third kappa shape index (κ3) is 3.95. The maximum Gasteiger partial charge on any atom is 0.298 e. The molecule has 1 aromatic carbocycles. The first-order valence-corrected chi connectivity index (χ1v) is 9.55. The molecule has 3 aromatic rings. The Kier molecular flexibility index (Phi) is 5.18. The van der Waals surface area contributed by atoms with E-state index in [1.165, 1.54) is 0 Å². The SMILES string of the molecule is COc1ccc2oc(N3CCCC(CC(=O)NCc4nccn4C)C3)nc2c1. The molecule has 1 aliphatic heterocycles. The summed E-state index contributed by atoms with van der Waals surface area (Å²) in [4.78, 5) is 23.3. The summed E-state index contributed by atoms with van der Waals surface area (Å²) < 4.78 is 13.1. The van der Waals surface area contributed by atoms with Crippen LogP contribution in [-0.2, 0) is 18.4 Å². The molecule has 8 nitrogen and oxygen atoms in total. The van der Waals surface area contributed by atoms with Crippen molar-refractivity contribution in [1.82, 2.24) is 19.9 Å². The Morgan fingerprint density at radius 1 is 1.43 bits per heavy atom. The zero-order chi connectivity index (χ0) is 19.5. The summed E-state index contributed by atoms with van der Waals surface area (Å²) in [5, 5.41) is 2.97. The Bertz CT molecular complexity index is 964. The van der Waals surface area contributed by atoms with Crippen LogP contribution < -0.4 is 15.0 Å². The van der Waals surface area contributed by atoms with Gasteiger partial charge in [-0.15, -0.1) is 0 Å². The molecule has 1 N–H and O–H groups in total. The van der Waals surface area contributed by atoms with E-state index in [2.05, 4.69) is 20.2 Å². The zero-order valence-electron chi connectivity index (χ0n) is 16.2. The fourth-order valence-corrected chi connectivity index (χ4v) is 3.64. The van der Waals surface area contributed by atoms with E-state index in [0.29, 0.717) is 19.0 Å². The number of nitrogens with one attached hydrogen (secondary N) is 1. The molecule has 0 aliphatic carbocycles. The minimum Gasteiger partial charge on any atom is -0.497 e. The number of imidazole rings is 1. The smallest absolute Gasteiger partial charge is 0.298 e. The van der Waals surface area contributed by atoms with Gasteiger partial charge in [-0.1, -0.05) is 0 Å². The van der Waals surface area contributed by atoms with Crippen LogP contribution in [0, 0.1) is 5.92 Å². The molecule has 0 bridgehead atoms. The lowest BCUT2D eigenvalue weighted by Crippen LogP contribution is -2.38. The molecule has 0 saturated carbocycles. The summed E-state index contributed by atoms with van der Waals surface area (Å²) in [7, 11) is 3.56. The lowest BCUT2D eigenvalue weighted by molar-refractivity contribution is -0.122. The van der Waals surface area contributed by atoms with Crippen LogP contribution in [0.3, 0.4) is 0 Å². The first-order valence-electron chi connectivity index (χ1n) is 9.55. The number of aryl methyl sites for hydroxylation is 1. The number of methoxy groups -OCH3 is 1. The second-order valence-corrected chi connectivity index (χ2v) is 7.22. The van der Waals surface area contributed by atoms with Gasteiger partial charge in [-0.3, -0.25) is 4.79 Å². The van der Waals surface area contributed by atoms with Gasteiger partial charge in [-0.05, 0) is 30.9 Å². The van der Waals surface area contributed by atoms with Gasteiger partial charge in [0.05, 0.1) is 13.7 Å². The van der Waals surface area contributed by atoms with Gasteiger partial charge in [0.2, 0.25) is 5.91 Å². The number of oxazole rings is 1. The van der Waals surface area contributed by atoms with E-state index >= 15 is 0 Å². The first-order chi connectivity index (χ1) is 13.6. The largest absolute Gasteiger partial charge is 0.497 e. The lowest BCUT2D eigenvalue weighted by Gasteiger charge is -2.31. The number of nitrogens with zero attached hydrogens (tertiary/aromatic N) is 4. The maximum absolute atomic E-state index is 12.4. The second-order valence-electron chi connectivity index (χ2n) is 7.22. The third-order valence-electron chi connectivity index (χ3n) is 5.21. The van der Waals surface area contributed by atoms with E-state index in [-0.39, 0.29) is 11.8 Å². The predicted octanol–water partition coefficient (Wildman–Crippen LogP) is 2.49. The molecule has 1 amide bonds. The number of carbonyl (C=O) groups is 1. The summed E-state index contributed by atoms with van der Waals surface area (Å²) in [6.45, 7) is 2.10. The Morgan fingerprint density at radius 3 is 3.11 bits per heavy atom. The number of carbonyl (C=O) groups excluding carboxylic acids is 1. The highest BCUT2D eigenvalue weighted by Crippen LogP contribution is 2.29. The van der Waals surface area contributed by atoms with Crippen LogP contribution in [0.2, 0.25) is 0 Å². The van der Waals surface area contributed by atoms with Gasteiger partial charge in [0.1, 0.15) is 17.1 Å². The number of fused-ring (bicyclic) bond motifs is 1. The van der Waals surface area contributed by atoms with Gasteiger partial charge in [0.25, 0.3) is 6.01 Å². The molecular weight excluding hydrogens is 358 g/mol. The highest BCUT2D eigenvalue weighted by atomic mass is 16.5. The van der Waals surface area contributed by atoms with Crippen molar-refractivity contribution >= 4 is 23.0 Å². The maximum atomic E-state index is 12.4. The average molecular weight is 383 g/mol. The number of rotatable bonds is 6. The monoisotopic (exact) mass is 383 g/mol. The van der Waals surface area contributed by atoms with E-state index in [4.69, 9.17) is 9.15 Å². The van der Waals surface area contributed by atoms with E-state index in [0.717, 1.165) is 48.6 Å². The number of piperidine rings is 1. The number of benzene rings is 1. The minimum absolute atomic E-state index is 0.0529. The quantitative estimate of drug-likeness (QED) is 0.704. The van der Waals surface area contributed by atoms with Crippen molar-refractivity contribution in [2.24, 2.45) is 13.0 Å². The van der Waals surface area contributed by atoms with Crippen LogP contribution >= 0.6 is 0 Å². The molecule has 0 radical (unpaired) electrons. The molecule has 3 heterocycles. The molecule has 28 heavy (non-hydrogen) atoms. The molecule has 0 spiro atoms. The van der Waals surface area contributed by atoms with Crippen LogP contribution in [0.25, 0.3) is 11.1 Å². The van der Waals surface area contributed by atoms with Crippen LogP contribution in [0.15, 0.2) is 35.0 Å². The topological polar surface area (TPSA) is 85.4 Å². The molecule has 4 rings (SSSR count). The number of anilines is 1. The fourth-order valence-electron chi connectivity index (χ4n) is 3.64. The molecule has 8 heteroatoms. The van der Waals surface area contributed by atoms with E-state index in [1.54, 1.807) is 13.3 Å². The van der Waals surface area contributed by atoms with Gasteiger partial charge in [-0.25, -0.2) is 4.98 Å². The molecular formula is C20H25N5O3. The van der Waals surface area contributed by atoms with E-state index in [1.807, 2.05) is 36.0 Å². The third-order valence-corrected chi connectivity index (χ3v) is 5.21. The number of hydrogen-bond acceptors (Lipinski definition) is 6. The summed E-state index contributed by atoms with van der Waals surface area (Å²) >= 11 is 0. The summed E-state index contributed by atoms with van der Waals surface area (Å²) in [6, 6.07) is 6.22. The second kappa shape index (κ2) is 7.92. The summed E-state index contributed by atoms with van der Waals surface area (Å²) in [5.74, 6) is 1.94. The van der Waals surface area contributed by atoms with Crippen LogP contribution in [0.1, 0.15) is 25.1 Å². The molecule has 2 aromatic heterocycles. The normalized spacial score (nSPS) is 17.1. The summed E-state index contributed by atoms with van der Waals surface area (Å²) in [5.41, 5.74) is 1.52. The van der Waals surface area contributed by atoms with Gasteiger partial charge >= 0.3 is 0 Å². The lowest BCUT2D eigenvalue weighted by atomic mass is 9.94. The van der Waals surface area contributed by atoms with Crippen molar-refractivity contribution in [3.05, 3.63) is 36.4 Å². The molecule has 1 atom stereocenters. The number of amides is 1. The van der Waals surface area contributed by atoms with Crippen molar-refractivity contribution in [3.63, 3.8) is 0 Å². The van der Waals surface area contributed by atoms with Gasteiger partial charge in [0, 0.05) is 45.0 Å². The van der Waals surface area contributed by atoms with Crippen molar-refractivity contribution in [2.75, 3.05) is 25.1 Å². The number of hydrogen-bond donors (Lipinski definition) is 1. The van der Waals surface area contributed by atoms with Crippen molar-refractivity contribution < 1.29 is 13.9 Å². The Hall–Kier alpha value is -3.03. The Morgan fingerprint density at radius 2 is 2.32 bits per heavy atom. The Balaban J connectivity index is 1.36. The van der Waals surface area contributed by atoms with Crippen LogP contribution in [0.4, 0.5) is 6.01 Å². The van der Waals surface area contributed by atoms with E-state index in [9.17, 15) is 4.79 Å². The average Bonchev–Trinajstić information content (AvgIpc) is 3.31. The highest BCUT2D eigenvalue weighted by molar-refractivity contribution is 5.77. The van der Waals surface area contributed by atoms with Crippen molar-refractivity contribution in [3.8, 4) is 5.75 Å². The minimum atomic E-state index is 0.0529. The van der Waals surface area contributed by atoms with Crippen LogP contribution in [-0.4, -0.2) is 40.6 Å². The van der Waals surface area contributed by atoms with Gasteiger partial charge in [-0.2, -0.15) is 4.98 Å². The number of aromatic nitrogens is 3.